The van der Waals surface area contributed by atoms with Gasteiger partial charge in [0, 0.05) is 26.7 Å². The van der Waals surface area contributed by atoms with Crippen LogP contribution in [0.5, 0.6) is 0 Å². The van der Waals surface area contributed by atoms with E-state index in [0.717, 1.165) is 31.5 Å². The zero-order chi connectivity index (χ0) is 16.7. The maximum atomic E-state index is 13.5. The van der Waals surface area contributed by atoms with Crippen LogP contribution in [0.2, 0.25) is 0 Å². The van der Waals surface area contributed by atoms with Crippen LogP contribution in [0, 0.1) is 12.7 Å². The molecule has 1 aliphatic rings. The van der Waals surface area contributed by atoms with E-state index in [9.17, 15) is 9.18 Å². The zero-order valence-electron chi connectivity index (χ0n) is 14.3. The average molecular weight is 448 g/mol. The van der Waals surface area contributed by atoms with Crippen molar-refractivity contribution < 1.29 is 9.18 Å². The summed E-state index contributed by atoms with van der Waals surface area (Å²) in [7, 11) is 1.65. The number of rotatable bonds is 4. The summed E-state index contributed by atoms with van der Waals surface area (Å²) in [5.74, 6) is 0.415. The first-order valence-electron chi connectivity index (χ1n) is 8.07. The molecule has 2 rings (SSSR count). The molecule has 0 radical (unpaired) electrons. The van der Waals surface area contributed by atoms with E-state index in [-0.39, 0.29) is 42.2 Å². The van der Waals surface area contributed by atoms with Crippen molar-refractivity contribution in [2.75, 3.05) is 26.7 Å². The van der Waals surface area contributed by atoms with Crippen LogP contribution < -0.4 is 10.6 Å². The van der Waals surface area contributed by atoms with Crippen LogP contribution >= 0.6 is 24.0 Å². The molecule has 0 atom stereocenters. The van der Waals surface area contributed by atoms with Crippen molar-refractivity contribution in [2.24, 2.45) is 4.99 Å². The highest BCUT2D eigenvalue weighted by Gasteiger charge is 2.16. The Bertz CT molecular complexity index is 574. The molecule has 1 heterocycles. The number of piperidine rings is 1. The van der Waals surface area contributed by atoms with Crippen LogP contribution in [0.1, 0.15) is 30.4 Å². The summed E-state index contributed by atoms with van der Waals surface area (Å²) >= 11 is 0. The summed E-state index contributed by atoms with van der Waals surface area (Å²) in [6, 6.07) is 5.13. The number of nitrogens with one attached hydrogen (secondary N) is 2. The molecule has 0 spiro atoms. The van der Waals surface area contributed by atoms with Crippen LogP contribution in [-0.2, 0) is 11.3 Å². The number of carbonyl (C=O) groups is 1. The van der Waals surface area contributed by atoms with Gasteiger partial charge in [-0.15, -0.1) is 24.0 Å². The number of halogens is 2. The Morgan fingerprint density at radius 1 is 1.25 bits per heavy atom. The second-order valence-electron chi connectivity index (χ2n) is 5.80. The summed E-state index contributed by atoms with van der Waals surface area (Å²) in [6.45, 7) is 4.10. The molecule has 0 aliphatic carbocycles. The van der Waals surface area contributed by atoms with Crippen molar-refractivity contribution in [1.29, 1.82) is 0 Å². The Morgan fingerprint density at radius 3 is 2.58 bits per heavy atom. The molecule has 0 aromatic heterocycles. The first kappa shape index (κ1) is 20.7. The fraction of sp³-hybridized carbons (Fsp3) is 0.529. The molecule has 1 aromatic carbocycles. The van der Waals surface area contributed by atoms with Gasteiger partial charge in [-0.2, -0.15) is 0 Å². The van der Waals surface area contributed by atoms with Gasteiger partial charge >= 0.3 is 0 Å². The number of hydrogen-bond donors (Lipinski definition) is 2. The van der Waals surface area contributed by atoms with E-state index < -0.39 is 0 Å². The number of guanidine groups is 1. The van der Waals surface area contributed by atoms with Crippen molar-refractivity contribution in [1.82, 2.24) is 15.5 Å². The number of nitrogens with zero attached hydrogens (tertiary/aromatic N) is 2. The standard InChI is InChI=1S/C17H25FN4O.HI/c1-13-6-7-14(10-15(13)18)11-20-17(19-2)21-12-16(23)22-8-4-3-5-9-22;/h6-7,10H,3-5,8-9,11-12H2,1-2H3,(H2,19,20,21);1H. The first-order chi connectivity index (χ1) is 11.1. The second kappa shape index (κ2) is 10.5. The number of benzene rings is 1. The number of aryl methyl sites for hydroxylation is 1. The predicted octanol–water partition coefficient (Wildman–Crippen LogP) is 2.43. The minimum Gasteiger partial charge on any atom is -0.352 e. The normalized spacial score (nSPS) is 14.8. The fourth-order valence-electron chi connectivity index (χ4n) is 2.57. The van der Waals surface area contributed by atoms with E-state index in [1.54, 1.807) is 20.0 Å². The number of carbonyl (C=O) groups excluding carboxylic acids is 1. The quantitative estimate of drug-likeness (QED) is 0.423. The first-order valence-corrected chi connectivity index (χ1v) is 8.07. The van der Waals surface area contributed by atoms with Gasteiger partial charge in [-0.3, -0.25) is 9.79 Å². The fourth-order valence-corrected chi connectivity index (χ4v) is 2.57. The highest BCUT2D eigenvalue weighted by Crippen LogP contribution is 2.09. The van der Waals surface area contributed by atoms with Gasteiger partial charge in [-0.25, -0.2) is 4.39 Å². The summed E-state index contributed by atoms with van der Waals surface area (Å²) < 4.78 is 13.5. The maximum absolute atomic E-state index is 13.5. The Hall–Kier alpha value is -1.38. The van der Waals surface area contributed by atoms with Crippen molar-refractivity contribution >= 4 is 35.8 Å². The minimum atomic E-state index is -0.215. The number of aliphatic imine (C=N–C) groups is 1. The van der Waals surface area contributed by atoms with Crippen LogP contribution in [0.3, 0.4) is 0 Å². The van der Waals surface area contributed by atoms with Gasteiger partial charge in [-0.05, 0) is 43.4 Å². The van der Waals surface area contributed by atoms with Crippen molar-refractivity contribution in [3.8, 4) is 0 Å². The molecule has 134 valence electrons. The van der Waals surface area contributed by atoms with Gasteiger partial charge in [0.25, 0.3) is 0 Å². The van der Waals surface area contributed by atoms with E-state index in [2.05, 4.69) is 15.6 Å². The van der Waals surface area contributed by atoms with Crippen molar-refractivity contribution in [3.63, 3.8) is 0 Å². The Morgan fingerprint density at radius 2 is 1.96 bits per heavy atom. The number of amides is 1. The second-order valence-corrected chi connectivity index (χ2v) is 5.80. The molecule has 1 saturated heterocycles. The van der Waals surface area contributed by atoms with Gasteiger partial charge in [0.15, 0.2) is 5.96 Å². The van der Waals surface area contributed by atoms with Crippen LogP contribution in [0.15, 0.2) is 23.2 Å². The van der Waals surface area contributed by atoms with E-state index in [0.29, 0.717) is 18.1 Å². The molecule has 1 aliphatic heterocycles. The van der Waals surface area contributed by atoms with Gasteiger partial charge in [0.2, 0.25) is 5.91 Å². The molecule has 0 saturated carbocycles. The molecule has 7 heteroatoms. The predicted molar refractivity (Wildman–Crippen MR) is 105 cm³/mol. The molecule has 24 heavy (non-hydrogen) atoms. The largest absolute Gasteiger partial charge is 0.352 e. The summed E-state index contributed by atoms with van der Waals surface area (Å²) in [4.78, 5) is 18.1. The molecule has 1 aromatic rings. The lowest BCUT2D eigenvalue weighted by atomic mass is 10.1. The van der Waals surface area contributed by atoms with Gasteiger partial charge in [0.05, 0.1) is 6.54 Å². The number of likely N-dealkylation sites (tertiary alicyclic amines) is 1. The average Bonchev–Trinajstić information content (AvgIpc) is 2.58. The van der Waals surface area contributed by atoms with E-state index >= 15 is 0 Å². The highest BCUT2D eigenvalue weighted by molar-refractivity contribution is 14.0. The topological polar surface area (TPSA) is 56.7 Å². The molecule has 0 bridgehead atoms. The molecular formula is C17H26FIN4O. The molecule has 0 unspecified atom stereocenters. The zero-order valence-corrected chi connectivity index (χ0v) is 16.6. The molecular weight excluding hydrogens is 422 g/mol. The lowest BCUT2D eigenvalue weighted by Gasteiger charge is -2.27. The molecule has 2 N–H and O–H groups in total. The Balaban J connectivity index is 0.00000288. The third kappa shape index (κ3) is 6.26. The Labute approximate surface area is 160 Å². The van der Waals surface area contributed by atoms with Gasteiger partial charge < -0.3 is 15.5 Å². The van der Waals surface area contributed by atoms with Crippen LogP contribution in [0.25, 0.3) is 0 Å². The third-order valence-electron chi connectivity index (χ3n) is 4.04. The monoisotopic (exact) mass is 448 g/mol. The summed E-state index contributed by atoms with van der Waals surface area (Å²) in [5, 5.41) is 6.11. The summed E-state index contributed by atoms with van der Waals surface area (Å²) in [5.41, 5.74) is 1.46. The van der Waals surface area contributed by atoms with Gasteiger partial charge in [-0.1, -0.05) is 12.1 Å². The minimum absolute atomic E-state index is 0. The van der Waals surface area contributed by atoms with Crippen LogP contribution in [0.4, 0.5) is 4.39 Å². The smallest absolute Gasteiger partial charge is 0.241 e. The highest BCUT2D eigenvalue weighted by atomic mass is 127. The molecule has 1 fully saturated rings. The van der Waals surface area contributed by atoms with Crippen molar-refractivity contribution in [3.05, 3.63) is 35.1 Å². The van der Waals surface area contributed by atoms with Gasteiger partial charge in [0.1, 0.15) is 5.82 Å². The Kier molecular flexibility index (Phi) is 9.02. The molecule has 5 nitrogen and oxygen atoms in total. The third-order valence-corrected chi connectivity index (χ3v) is 4.04. The lowest BCUT2D eigenvalue weighted by molar-refractivity contribution is -0.130. The van der Waals surface area contributed by atoms with E-state index in [1.165, 1.54) is 12.5 Å². The van der Waals surface area contributed by atoms with E-state index in [1.807, 2.05) is 11.0 Å². The molecule has 1 amide bonds. The van der Waals surface area contributed by atoms with E-state index in [4.69, 9.17) is 0 Å². The number of hydrogen-bond acceptors (Lipinski definition) is 2. The SMILES string of the molecule is CN=C(NCC(=O)N1CCCCC1)NCc1ccc(C)c(F)c1.I. The van der Waals surface area contributed by atoms with Crippen LogP contribution in [-0.4, -0.2) is 43.4 Å². The lowest BCUT2D eigenvalue weighted by Crippen LogP contribution is -2.45. The maximum Gasteiger partial charge on any atom is 0.241 e. The summed E-state index contributed by atoms with van der Waals surface area (Å²) in [6.07, 6.45) is 3.36. The van der Waals surface area contributed by atoms with Crippen molar-refractivity contribution in [2.45, 2.75) is 32.7 Å².